The normalized spacial score (nSPS) is 57.7. The van der Waals surface area contributed by atoms with Gasteiger partial charge < -0.3 is 29.7 Å². The van der Waals surface area contributed by atoms with Crippen molar-refractivity contribution in [3.05, 3.63) is 41.0 Å². The van der Waals surface area contributed by atoms with E-state index in [0.717, 1.165) is 42.5 Å². The molecule has 4 aliphatic heterocycles. The zero-order valence-electron chi connectivity index (χ0n) is 26.9. The quantitative estimate of drug-likeness (QED) is 0.304. The van der Waals surface area contributed by atoms with Crippen LogP contribution in [0.5, 0.6) is 0 Å². The largest absolute Gasteiger partial charge is 0.387 e. The Morgan fingerprint density at radius 3 is 2.57 bits per heavy atom. The number of carbonyl (C=O) groups is 1. The van der Waals surface area contributed by atoms with E-state index in [1.165, 1.54) is 11.1 Å². The third-order valence-corrected chi connectivity index (χ3v) is 15.9. The lowest BCUT2D eigenvalue weighted by molar-refractivity contribution is -0.287. The number of ether oxygens (including phenoxy) is 3. The first-order valence-corrected chi connectivity index (χ1v) is 17.3. The Morgan fingerprint density at radius 2 is 1.82 bits per heavy atom. The zero-order chi connectivity index (χ0) is 30.7. The highest BCUT2D eigenvalue weighted by molar-refractivity contribution is 6.02. The second-order valence-electron chi connectivity index (χ2n) is 17.4. The lowest BCUT2D eigenvalue weighted by atomic mass is 9.40. The molecule has 16 atom stereocenters. The van der Waals surface area contributed by atoms with E-state index < -0.39 is 34.9 Å². The highest BCUT2D eigenvalue weighted by atomic mass is 16.7. The maximum absolute atomic E-state index is 13.8. The van der Waals surface area contributed by atoms with Gasteiger partial charge in [0.1, 0.15) is 23.9 Å². The second kappa shape index (κ2) is 7.68. The van der Waals surface area contributed by atoms with E-state index in [-0.39, 0.29) is 47.0 Å². The maximum Gasteiger partial charge on any atom is 0.166 e. The molecule has 6 fully saturated rings. The first-order chi connectivity index (χ1) is 20.7. The van der Waals surface area contributed by atoms with E-state index in [1.807, 2.05) is 6.92 Å². The van der Waals surface area contributed by atoms with Gasteiger partial charge in [-0.05, 0) is 105 Å². The number of epoxide rings is 1. The molecule has 1 aromatic rings. The molecule has 0 bridgehead atoms. The lowest BCUT2D eigenvalue weighted by Crippen LogP contribution is -2.76. The van der Waals surface area contributed by atoms with Gasteiger partial charge in [-0.15, -0.1) is 0 Å². The minimum absolute atomic E-state index is 0.0109. The van der Waals surface area contributed by atoms with Crippen molar-refractivity contribution in [2.45, 2.75) is 139 Å². The molecule has 2 saturated heterocycles. The van der Waals surface area contributed by atoms with Gasteiger partial charge in [0.2, 0.25) is 0 Å². The molecule has 0 radical (unpaired) electrons. The molecule has 44 heavy (non-hydrogen) atoms. The average Bonchev–Trinajstić information content (AvgIpc) is 3.53. The van der Waals surface area contributed by atoms with Crippen LogP contribution < -0.4 is 5.32 Å². The number of ketones is 1. The van der Waals surface area contributed by atoms with Gasteiger partial charge >= 0.3 is 0 Å². The number of nitrogens with one attached hydrogen (secondary N) is 1. The van der Waals surface area contributed by atoms with Crippen LogP contribution in [0, 0.1) is 34.5 Å². The summed E-state index contributed by atoms with van der Waals surface area (Å²) in [6.45, 7) is 17.4. The third-order valence-electron chi connectivity index (χ3n) is 15.9. The Kier molecular flexibility index (Phi) is 4.77. The lowest BCUT2D eigenvalue weighted by Gasteiger charge is -2.67. The molecule has 4 heterocycles. The first-order valence-electron chi connectivity index (χ1n) is 17.3. The van der Waals surface area contributed by atoms with Crippen LogP contribution in [0.1, 0.15) is 107 Å². The summed E-state index contributed by atoms with van der Waals surface area (Å²) in [5, 5.41) is 28.6. The number of Topliss-reactive ketones (excluding diaryl/α,β-unsaturated/α-hetero) is 1. The smallest absolute Gasteiger partial charge is 0.166 e. The van der Waals surface area contributed by atoms with Crippen LogP contribution in [0.3, 0.4) is 0 Å². The molecule has 7 nitrogen and oxygen atoms in total. The SMILES string of the molecule is C=C(C)C1OC2CCC3(C)C4(C)C(CCC3(O)C23OC3C1O)C1OC(C)(C)C2CC3C(C)C(=O)c5ccc6c(c5C32)C1C4N6. The van der Waals surface area contributed by atoms with Crippen LogP contribution in [-0.2, 0) is 14.2 Å². The van der Waals surface area contributed by atoms with Gasteiger partial charge in [-0.3, -0.25) is 4.79 Å². The highest BCUT2D eigenvalue weighted by Gasteiger charge is 2.88. The summed E-state index contributed by atoms with van der Waals surface area (Å²) >= 11 is 0. The molecule has 236 valence electrons. The predicted octanol–water partition coefficient (Wildman–Crippen LogP) is 5.10. The summed E-state index contributed by atoms with van der Waals surface area (Å²) in [6.07, 6.45) is 1.96. The fraction of sp³-hybridized carbons (Fsp3) is 0.757. The number of aliphatic hydroxyl groups excluding tert-OH is 1. The van der Waals surface area contributed by atoms with Crippen LogP contribution in [-0.4, -0.2) is 69.4 Å². The minimum Gasteiger partial charge on any atom is -0.387 e. The van der Waals surface area contributed by atoms with Crippen LogP contribution >= 0.6 is 0 Å². The molecule has 7 heteroatoms. The van der Waals surface area contributed by atoms with Gasteiger partial charge in [-0.25, -0.2) is 0 Å². The van der Waals surface area contributed by atoms with E-state index in [4.69, 9.17) is 14.2 Å². The zero-order valence-corrected chi connectivity index (χ0v) is 26.9. The van der Waals surface area contributed by atoms with Gasteiger partial charge in [0.25, 0.3) is 0 Å². The van der Waals surface area contributed by atoms with Gasteiger partial charge in [0, 0.05) is 40.0 Å². The summed E-state index contributed by atoms with van der Waals surface area (Å²) in [4.78, 5) is 13.8. The molecular weight excluding hydrogens is 554 g/mol. The van der Waals surface area contributed by atoms with Gasteiger partial charge in [-0.2, -0.15) is 0 Å². The van der Waals surface area contributed by atoms with Crippen molar-refractivity contribution < 1.29 is 29.2 Å². The maximum atomic E-state index is 13.8. The molecular formula is C37H47NO6. The molecule has 1 spiro atoms. The molecule has 10 rings (SSSR count). The van der Waals surface area contributed by atoms with Crippen molar-refractivity contribution in [3.63, 3.8) is 0 Å². The second-order valence-corrected chi connectivity index (χ2v) is 17.4. The summed E-state index contributed by atoms with van der Waals surface area (Å²) in [6, 6.07) is 4.31. The molecule has 0 aromatic heterocycles. The minimum atomic E-state index is -1.17. The van der Waals surface area contributed by atoms with Crippen molar-refractivity contribution >= 4 is 11.5 Å². The number of aliphatic hydroxyl groups is 2. The van der Waals surface area contributed by atoms with Crippen LogP contribution in [0.15, 0.2) is 24.3 Å². The van der Waals surface area contributed by atoms with Crippen molar-refractivity contribution in [1.29, 1.82) is 0 Å². The Hall–Kier alpha value is -1.77. The Labute approximate surface area is 260 Å². The third kappa shape index (κ3) is 2.54. The van der Waals surface area contributed by atoms with E-state index in [0.29, 0.717) is 30.0 Å². The number of hydrogen-bond donors (Lipinski definition) is 3. The van der Waals surface area contributed by atoms with Crippen LogP contribution in [0.4, 0.5) is 5.69 Å². The molecule has 16 unspecified atom stereocenters. The van der Waals surface area contributed by atoms with Crippen LogP contribution in [0.2, 0.25) is 0 Å². The fourth-order valence-corrected chi connectivity index (χ4v) is 13.6. The van der Waals surface area contributed by atoms with E-state index >= 15 is 0 Å². The number of fused-ring (bicyclic) bond motifs is 5. The number of carbonyl (C=O) groups excluding carboxylic acids is 1. The average molecular weight is 602 g/mol. The Bertz CT molecular complexity index is 1570. The number of benzene rings is 1. The fourth-order valence-electron chi connectivity index (χ4n) is 13.6. The standard InChI is InChI=1S/C37H47NO6/c1-15(2)29-28(40)32-37(44-32)22(42-29)11-12-34(6)35(7)19(10-13-36(34,37)41)30-26-25-21(38-31(26)35)9-8-17-24(25)23-18(16(3)27(17)39)14-20(23)33(4,5)43-30/h8-9,16,18-20,22-23,26,28-32,38,40-41H,1,10-14H2,2-7H3. The monoisotopic (exact) mass is 601 g/mol. The van der Waals surface area contributed by atoms with E-state index in [2.05, 4.69) is 58.6 Å². The van der Waals surface area contributed by atoms with Crippen molar-refractivity contribution in [3.8, 4) is 0 Å². The van der Waals surface area contributed by atoms with Crippen LogP contribution in [0.25, 0.3) is 0 Å². The highest BCUT2D eigenvalue weighted by Crippen LogP contribution is 2.79. The summed E-state index contributed by atoms with van der Waals surface area (Å²) in [7, 11) is 0. The summed E-state index contributed by atoms with van der Waals surface area (Å²) < 4.78 is 20.5. The van der Waals surface area contributed by atoms with Gasteiger partial charge in [0.05, 0.1) is 17.8 Å². The molecule has 5 aliphatic carbocycles. The number of hydrogen-bond acceptors (Lipinski definition) is 7. The molecule has 3 N–H and O–H groups in total. The van der Waals surface area contributed by atoms with E-state index in [1.54, 1.807) is 0 Å². The molecule has 1 aromatic carbocycles. The summed E-state index contributed by atoms with van der Waals surface area (Å²) in [5.41, 5.74) is 2.30. The first kappa shape index (κ1) is 27.4. The Balaban J connectivity index is 1.14. The van der Waals surface area contributed by atoms with Crippen molar-refractivity contribution in [1.82, 2.24) is 0 Å². The predicted molar refractivity (Wildman–Crippen MR) is 164 cm³/mol. The number of rotatable bonds is 1. The number of anilines is 1. The van der Waals surface area contributed by atoms with Gasteiger partial charge in [0.15, 0.2) is 11.4 Å². The van der Waals surface area contributed by atoms with Crippen molar-refractivity contribution in [2.75, 3.05) is 5.32 Å². The summed E-state index contributed by atoms with van der Waals surface area (Å²) in [5.74, 6) is 1.82. The topological polar surface area (TPSA) is 101 Å². The molecule has 4 saturated carbocycles. The Morgan fingerprint density at radius 1 is 1.05 bits per heavy atom. The van der Waals surface area contributed by atoms with Crippen molar-refractivity contribution in [2.24, 2.45) is 34.5 Å². The molecule has 9 aliphatic rings. The van der Waals surface area contributed by atoms with E-state index in [9.17, 15) is 15.0 Å². The van der Waals surface area contributed by atoms with Gasteiger partial charge in [-0.1, -0.05) is 27.4 Å². The molecule has 0 amide bonds.